The second-order valence-electron chi connectivity index (χ2n) is 7.33. The average molecular weight is 401 g/mol. The van der Waals surface area contributed by atoms with E-state index < -0.39 is 27.9 Å². The minimum Gasteiger partial charge on any atom is -0.324 e. The summed E-state index contributed by atoms with van der Waals surface area (Å²) in [6, 6.07) is 12.6. The van der Waals surface area contributed by atoms with E-state index in [0.29, 0.717) is 11.6 Å². The van der Waals surface area contributed by atoms with Crippen LogP contribution in [-0.2, 0) is 19.6 Å². The fourth-order valence-electron chi connectivity index (χ4n) is 3.20. The van der Waals surface area contributed by atoms with Crippen LogP contribution >= 0.6 is 0 Å². The third-order valence-electron chi connectivity index (χ3n) is 4.89. The lowest BCUT2D eigenvalue weighted by atomic mass is 10.0. The first-order chi connectivity index (χ1) is 13.2. The molecule has 148 valence electrons. The van der Waals surface area contributed by atoms with Crippen molar-refractivity contribution in [3.63, 3.8) is 0 Å². The fraction of sp³-hybridized carbons (Fsp3) is 0.333. The molecule has 1 aliphatic rings. The highest BCUT2D eigenvalue weighted by Gasteiger charge is 2.44. The molecule has 1 N–H and O–H groups in total. The normalized spacial score (nSPS) is 17.2. The van der Waals surface area contributed by atoms with Crippen LogP contribution in [0.15, 0.2) is 53.4 Å². The van der Waals surface area contributed by atoms with E-state index in [0.717, 1.165) is 15.4 Å². The number of rotatable bonds is 5. The lowest BCUT2D eigenvalue weighted by molar-refractivity contribution is -0.128. The predicted molar refractivity (Wildman–Crippen MR) is 107 cm³/mol. The monoisotopic (exact) mass is 400 g/mol. The van der Waals surface area contributed by atoms with E-state index in [4.69, 9.17) is 0 Å². The highest BCUT2D eigenvalue weighted by atomic mass is 32.2. The zero-order chi connectivity index (χ0) is 20.5. The number of aryl methyl sites for hydroxylation is 1. The van der Waals surface area contributed by atoms with E-state index in [9.17, 15) is 18.0 Å². The van der Waals surface area contributed by atoms with Crippen molar-refractivity contribution in [2.45, 2.75) is 50.5 Å². The van der Waals surface area contributed by atoms with Crippen molar-refractivity contribution < 1.29 is 18.0 Å². The Morgan fingerprint density at radius 1 is 1.07 bits per heavy atom. The van der Waals surface area contributed by atoms with Gasteiger partial charge in [-0.05, 0) is 49.1 Å². The van der Waals surface area contributed by atoms with E-state index in [1.807, 2.05) is 19.1 Å². The molecule has 0 saturated carbocycles. The second kappa shape index (κ2) is 7.75. The largest absolute Gasteiger partial charge is 0.324 e. The summed E-state index contributed by atoms with van der Waals surface area (Å²) in [6.07, 6.45) is 0.190. The van der Waals surface area contributed by atoms with Crippen molar-refractivity contribution in [1.82, 2.24) is 4.31 Å². The Morgan fingerprint density at radius 2 is 1.68 bits per heavy atom. The van der Waals surface area contributed by atoms with E-state index in [2.05, 4.69) is 19.2 Å². The molecule has 1 saturated heterocycles. The molecule has 2 aromatic rings. The maximum atomic E-state index is 13.0. The van der Waals surface area contributed by atoms with E-state index in [1.165, 1.54) is 12.1 Å². The highest BCUT2D eigenvalue weighted by molar-refractivity contribution is 7.89. The summed E-state index contributed by atoms with van der Waals surface area (Å²) in [5.41, 5.74) is 2.62. The van der Waals surface area contributed by atoms with Gasteiger partial charge in [-0.1, -0.05) is 43.7 Å². The number of hydrogen-bond acceptors (Lipinski definition) is 4. The Labute approximate surface area is 165 Å². The Balaban J connectivity index is 1.83. The van der Waals surface area contributed by atoms with Crippen LogP contribution in [0.3, 0.4) is 0 Å². The lowest BCUT2D eigenvalue weighted by Crippen LogP contribution is -2.45. The minimum absolute atomic E-state index is 0.00689. The maximum absolute atomic E-state index is 13.0. The molecule has 2 aromatic carbocycles. The smallest absolute Gasteiger partial charge is 0.267 e. The zero-order valence-electron chi connectivity index (χ0n) is 16.2. The van der Waals surface area contributed by atoms with Gasteiger partial charge >= 0.3 is 0 Å². The number of carbonyl (C=O) groups excluding carboxylic acids is 2. The van der Waals surface area contributed by atoms with Crippen molar-refractivity contribution in [2.75, 3.05) is 5.32 Å². The van der Waals surface area contributed by atoms with Gasteiger partial charge in [0.05, 0.1) is 4.90 Å². The van der Waals surface area contributed by atoms with Crippen molar-refractivity contribution in [2.24, 2.45) is 0 Å². The van der Waals surface area contributed by atoms with Crippen LogP contribution in [0.5, 0.6) is 0 Å². The molecule has 1 atom stereocenters. The number of benzene rings is 2. The molecule has 0 spiro atoms. The standard InChI is InChI=1S/C21H24N2O4S/c1-14(2)16-6-8-17(9-7-16)22-21(25)19-12-13-20(24)23(19)28(26,27)18-10-4-15(3)5-11-18/h4-11,14,19H,12-13H2,1-3H3,(H,22,25). The molecule has 0 aromatic heterocycles. The quantitative estimate of drug-likeness (QED) is 0.833. The molecule has 1 heterocycles. The van der Waals surface area contributed by atoms with Crippen LogP contribution in [0.25, 0.3) is 0 Å². The summed E-state index contributed by atoms with van der Waals surface area (Å²) in [5.74, 6) is -0.693. The maximum Gasteiger partial charge on any atom is 0.267 e. The van der Waals surface area contributed by atoms with Crippen molar-refractivity contribution in [3.05, 3.63) is 59.7 Å². The Kier molecular flexibility index (Phi) is 5.56. The predicted octanol–water partition coefficient (Wildman–Crippen LogP) is 3.44. The lowest BCUT2D eigenvalue weighted by Gasteiger charge is -2.24. The number of hydrogen-bond donors (Lipinski definition) is 1. The first kappa shape index (κ1) is 20.1. The van der Waals surface area contributed by atoms with Gasteiger partial charge in [0.25, 0.3) is 10.0 Å². The Morgan fingerprint density at radius 3 is 2.25 bits per heavy atom. The van der Waals surface area contributed by atoms with Crippen LogP contribution in [0.4, 0.5) is 5.69 Å². The molecule has 0 aliphatic carbocycles. The van der Waals surface area contributed by atoms with Gasteiger partial charge in [0.2, 0.25) is 11.8 Å². The van der Waals surface area contributed by atoms with Crippen molar-refractivity contribution in [3.8, 4) is 0 Å². The van der Waals surface area contributed by atoms with Gasteiger partial charge < -0.3 is 5.32 Å². The molecule has 1 aliphatic heterocycles. The molecule has 7 heteroatoms. The number of anilines is 1. The van der Waals surface area contributed by atoms with Gasteiger partial charge in [-0.15, -0.1) is 0 Å². The second-order valence-corrected chi connectivity index (χ2v) is 9.14. The summed E-state index contributed by atoms with van der Waals surface area (Å²) in [5, 5.41) is 2.74. The number of amides is 2. The number of carbonyl (C=O) groups is 2. The molecule has 2 amide bonds. The van der Waals surface area contributed by atoms with Crippen LogP contribution in [0.2, 0.25) is 0 Å². The molecule has 0 bridgehead atoms. The van der Waals surface area contributed by atoms with Crippen LogP contribution in [0, 0.1) is 6.92 Å². The molecule has 3 rings (SSSR count). The molecular formula is C21H24N2O4S. The molecule has 6 nitrogen and oxygen atoms in total. The van der Waals surface area contributed by atoms with Crippen LogP contribution < -0.4 is 5.32 Å². The van der Waals surface area contributed by atoms with Gasteiger partial charge in [0, 0.05) is 12.1 Å². The fourth-order valence-corrected chi connectivity index (χ4v) is 4.80. The van der Waals surface area contributed by atoms with Gasteiger partial charge in [-0.25, -0.2) is 12.7 Å². The summed E-state index contributed by atoms with van der Waals surface area (Å²) in [6.45, 7) is 6.00. The van der Waals surface area contributed by atoms with Gasteiger partial charge in [0.15, 0.2) is 0 Å². The Bertz CT molecular complexity index is 980. The molecule has 1 unspecified atom stereocenters. The first-order valence-corrected chi connectivity index (χ1v) is 10.7. The summed E-state index contributed by atoms with van der Waals surface area (Å²) >= 11 is 0. The zero-order valence-corrected chi connectivity index (χ0v) is 17.0. The van der Waals surface area contributed by atoms with Crippen molar-refractivity contribution in [1.29, 1.82) is 0 Å². The topological polar surface area (TPSA) is 83.6 Å². The minimum atomic E-state index is -4.09. The van der Waals surface area contributed by atoms with Crippen molar-refractivity contribution >= 4 is 27.5 Å². The van der Waals surface area contributed by atoms with Gasteiger partial charge in [-0.2, -0.15) is 0 Å². The molecule has 0 radical (unpaired) electrons. The Hall–Kier alpha value is -2.67. The van der Waals surface area contributed by atoms with Gasteiger partial charge in [-0.3, -0.25) is 9.59 Å². The highest BCUT2D eigenvalue weighted by Crippen LogP contribution is 2.28. The van der Waals surface area contributed by atoms with E-state index in [1.54, 1.807) is 24.3 Å². The SMILES string of the molecule is Cc1ccc(S(=O)(=O)N2C(=O)CCC2C(=O)Nc2ccc(C(C)C)cc2)cc1. The summed E-state index contributed by atoms with van der Waals surface area (Å²) in [7, 11) is -4.09. The summed E-state index contributed by atoms with van der Waals surface area (Å²) in [4.78, 5) is 25.1. The number of sulfonamides is 1. The van der Waals surface area contributed by atoms with Gasteiger partial charge in [0.1, 0.15) is 6.04 Å². The van der Waals surface area contributed by atoms with E-state index >= 15 is 0 Å². The molecular weight excluding hydrogens is 376 g/mol. The average Bonchev–Trinajstić information content (AvgIpc) is 3.05. The third kappa shape index (κ3) is 3.94. The van der Waals surface area contributed by atoms with E-state index in [-0.39, 0.29) is 17.7 Å². The molecule has 1 fully saturated rings. The molecule has 28 heavy (non-hydrogen) atoms. The third-order valence-corrected chi connectivity index (χ3v) is 6.73. The van der Waals surface area contributed by atoms with Crippen LogP contribution in [0.1, 0.15) is 43.7 Å². The number of nitrogens with zero attached hydrogens (tertiary/aromatic N) is 1. The summed E-state index contributed by atoms with van der Waals surface area (Å²) < 4.78 is 26.7. The number of nitrogens with one attached hydrogen (secondary N) is 1. The van der Waals surface area contributed by atoms with Crippen LogP contribution in [-0.4, -0.2) is 30.6 Å². The first-order valence-electron chi connectivity index (χ1n) is 9.25.